The van der Waals surface area contributed by atoms with Gasteiger partial charge in [0.2, 0.25) is 0 Å². The Hall–Kier alpha value is -1.91. The molecule has 0 aliphatic carbocycles. The molecule has 0 aliphatic rings. The molecule has 23 heavy (non-hydrogen) atoms. The third-order valence-corrected chi connectivity index (χ3v) is 4.85. The van der Waals surface area contributed by atoms with Gasteiger partial charge in [0.05, 0.1) is 17.7 Å². The largest absolute Gasteiger partial charge is 0.495 e. The molecule has 0 amide bonds. The van der Waals surface area contributed by atoms with E-state index in [4.69, 9.17) is 4.74 Å². The molecule has 0 radical (unpaired) electrons. The second-order valence-corrected chi connectivity index (χ2v) is 6.89. The molecule has 0 saturated carbocycles. The first-order valence-corrected chi connectivity index (χ1v) is 8.80. The van der Waals surface area contributed by atoms with Crippen LogP contribution in [0.5, 0.6) is 5.75 Å². The molecule has 0 aromatic heterocycles. The van der Waals surface area contributed by atoms with Gasteiger partial charge >= 0.3 is 0 Å². The highest BCUT2D eigenvalue weighted by atomic mass is 79.9. The van der Waals surface area contributed by atoms with Gasteiger partial charge < -0.3 is 10.1 Å². The molecular weight excluding hydrogens is 370 g/mol. The van der Waals surface area contributed by atoms with E-state index in [9.17, 15) is 0 Å². The number of hydrogen-bond acceptors (Lipinski definition) is 3. The Balaban J connectivity index is 2.01. The predicted octanol–water partition coefficient (Wildman–Crippen LogP) is 6.35. The first-order chi connectivity index (χ1) is 11.3. The Morgan fingerprint density at radius 2 is 1.57 bits per heavy atom. The lowest BCUT2D eigenvalue weighted by Gasteiger charge is -2.16. The van der Waals surface area contributed by atoms with Gasteiger partial charge in [0.25, 0.3) is 0 Å². The third kappa shape index (κ3) is 4.09. The van der Waals surface area contributed by atoms with Crippen LogP contribution in [0.4, 0.5) is 11.4 Å². The molecular formula is C19H16BrNOS. The number of para-hydroxylation sites is 1. The zero-order valence-corrected chi connectivity index (χ0v) is 15.0. The van der Waals surface area contributed by atoms with Crippen LogP contribution < -0.4 is 10.1 Å². The van der Waals surface area contributed by atoms with Crippen LogP contribution in [-0.4, -0.2) is 7.11 Å². The summed E-state index contributed by atoms with van der Waals surface area (Å²) in [4.78, 5) is 2.23. The minimum absolute atomic E-state index is 0.839. The van der Waals surface area contributed by atoms with Crippen LogP contribution in [0.25, 0.3) is 0 Å². The molecule has 0 unspecified atom stereocenters. The molecule has 1 N–H and O–H groups in total. The van der Waals surface area contributed by atoms with E-state index in [1.54, 1.807) is 18.9 Å². The van der Waals surface area contributed by atoms with E-state index in [2.05, 4.69) is 39.4 Å². The van der Waals surface area contributed by atoms with E-state index in [0.29, 0.717) is 0 Å². The van der Waals surface area contributed by atoms with Crippen molar-refractivity contribution in [1.29, 1.82) is 0 Å². The summed E-state index contributed by atoms with van der Waals surface area (Å²) in [7, 11) is 1.70. The lowest BCUT2D eigenvalue weighted by molar-refractivity contribution is 0.405. The van der Waals surface area contributed by atoms with E-state index in [0.717, 1.165) is 26.5 Å². The number of benzene rings is 3. The molecule has 0 spiro atoms. The molecule has 0 saturated heterocycles. The second-order valence-electron chi connectivity index (χ2n) is 4.89. The average molecular weight is 386 g/mol. The highest BCUT2D eigenvalue weighted by molar-refractivity contribution is 9.10. The van der Waals surface area contributed by atoms with Gasteiger partial charge in [-0.15, -0.1) is 0 Å². The Labute approximate surface area is 149 Å². The standard InChI is InChI=1S/C19H16BrNOS/c1-22-18-13-14(20)12-17(21-15-8-4-2-5-9-15)19(18)23-16-10-6-3-7-11-16/h2-13,21H,1H3. The van der Waals surface area contributed by atoms with Crippen molar-refractivity contribution in [3.8, 4) is 5.75 Å². The Morgan fingerprint density at radius 3 is 2.22 bits per heavy atom. The summed E-state index contributed by atoms with van der Waals surface area (Å²) in [5.41, 5.74) is 2.05. The summed E-state index contributed by atoms with van der Waals surface area (Å²) in [6.07, 6.45) is 0. The second kappa shape index (κ2) is 7.57. The number of hydrogen-bond donors (Lipinski definition) is 1. The fraction of sp³-hybridized carbons (Fsp3) is 0.0526. The summed E-state index contributed by atoms with van der Waals surface area (Å²) in [5.74, 6) is 0.839. The van der Waals surface area contributed by atoms with E-state index >= 15 is 0 Å². The molecule has 2 nitrogen and oxygen atoms in total. The summed E-state index contributed by atoms with van der Waals surface area (Å²) >= 11 is 5.24. The predicted molar refractivity (Wildman–Crippen MR) is 101 cm³/mol. The van der Waals surface area contributed by atoms with Crippen molar-refractivity contribution in [2.24, 2.45) is 0 Å². The van der Waals surface area contributed by atoms with Crippen molar-refractivity contribution in [3.05, 3.63) is 77.3 Å². The van der Waals surface area contributed by atoms with Gasteiger partial charge in [0.1, 0.15) is 5.75 Å². The molecule has 4 heteroatoms. The summed E-state index contributed by atoms with van der Waals surface area (Å²) in [6, 6.07) is 24.5. The van der Waals surface area contributed by atoms with Crippen LogP contribution in [-0.2, 0) is 0 Å². The van der Waals surface area contributed by atoms with Crippen molar-refractivity contribution < 1.29 is 4.74 Å². The number of ether oxygens (including phenoxy) is 1. The topological polar surface area (TPSA) is 21.3 Å². The summed E-state index contributed by atoms with van der Waals surface area (Å²) in [6.45, 7) is 0. The maximum Gasteiger partial charge on any atom is 0.136 e. The average Bonchev–Trinajstić information content (AvgIpc) is 2.59. The number of nitrogens with one attached hydrogen (secondary N) is 1. The van der Waals surface area contributed by atoms with E-state index in [-0.39, 0.29) is 0 Å². The lowest BCUT2D eigenvalue weighted by Crippen LogP contribution is -1.96. The highest BCUT2D eigenvalue weighted by Crippen LogP contribution is 2.43. The van der Waals surface area contributed by atoms with Crippen molar-refractivity contribution in [2.75, 3.05) is 12.4 Å². The number of methoxy groups -OCH3 is 1. The monoisotopic (exact) mass is 385 g/mol. The molecule has 0 atom stereocenters. The van der Waals surface area contributed by atoms with E-state index in [1.807, 2.05) is 54.6 Å². The minimum Gasteiger partial charge on any atom is -0.495 e. The minimum atomic E-state index is 0.839. The van der Waals surface area contributed by atoms with Crippen molar-refractivity contribution in [1.82, 2.24) is 0 Å². The van der Waals surface area contributed by atoms with Crippen LogP contribution in [0.2, 0.25) is 0 Å². The van der Waals surface area contributed by atoms with Crippen molar-refractivity contribution >= 4 is 39.1 Å². The summed E-state index contributed by atoms with van der Waals surface area (Å²) in [5, 5.41) is 3.48. The van der Waals surface area contributed by atoms with Gasteiger partial charge in [-0.3, -0.25) is 0 Å². The van der Waals surface area contributed by atoms with Crippen LogP contribution in [0.15, 0.2) is 87.1 Å². The van der Waals surface area contributed by atoms with Crippen LogP contribution in [0.1, 0.15) is 0 Å². The molecule has 0 heterocycles. The van der Waals surface area contributed by atoms with Gasteiger partial charge in [-0.2, -0.15) is 0 Å². The maximum absolute atomic E-state index is 5.59. The van der Waals surface area contributed by atoms with Crippen LogP contribution >= 0.6 is 27.7 Å². The van der Waals surface area contributed by atoms with E-state index < -0.39 is 0 Å². The van der Waals surface area contributed by atoms with Crippen molar-refractivity contribution in [2.45, 2.75) is 9.79 Å². The molecule has 3 aromatic carbocycles. The lowest BCUT2D eigenvalue weighted by atomic mass is 10.2. The Bertz CT molecular complexity index is 778. The fourth-order valence-electron chi connectivity index (χ4n) is 2.20. The molecule has 0 aliphatic heterocycles. The van der Waals surface area contributed by atoms with Crippen LogP contribution in [0, 0.1) is 0 Å². The highest BCUT2D eigenvalue weighted by Gasteiger charge is 2.13. The van der Waals surface area contributed by atoms with Crippen LogP contribution in [0.3, 0.4) is 0 Å². The van der Waals surface area contributed by atoms with Gasteiger partial charge in [0.15, 0.2) is 0 Å². The van der Waals surface area contributed by atoms with E-state index in [1.165, 1.54) is 4.90 Å². The molecule has 3 rings (SSSR count). The first-order valence-electron chi connectivity index (χ1n) is 7.19. The van der Waals surface area contributed by atoms with Gasteiger partial charge in [-0.05, 0) is 36.4 Å². The smallest absolute Gasteiger partial charge is 0.136 e. The molecule has 0 fully saturated rings. The van der Waals surface area contributed by atoms with Gasteiger partial charge in [-0.1, -0.05) is 64.1 Å². The van der Waals surface area contributed by atoms with Crippen molar-refractivity contribution in [3.63, 3.8) is 0 Å². The Kier molecular flexibility index (Phi) is 5.26. The fourth-order valence-corrected chi connectivity index (χ4v) is 3.63. The number of halogens is 1. The zero-order valence-electron chi connectivity index (χ0n) is 12.6. The molecule has 116 valence electrons. The third-order valence-electron chi connectivity index (χ3n) is 3.26. The Morgan fingerprint density at radius 1 is 0.913 bits per heavy atom. The summed E-state index contributed by atoms with van der Waals surface area (Å²) < 4.78 is 6.56. The molecule has 3 aromatic rings. The maximum atomic E-state index is 5.59. The zero-order chi connectivity index (χ0) is 16.1. The van der Waals surface area contributed by atoms with Gasteiger partial charge in [-0.25, -0.2) is 0 Å². The normalized spacial score (nSPS) is 10.3. The molecule has 0 bridgehead atoms. The first kappa shape index (κ1) is 16.0. The number of rotatable bonds is 5. The quantitative estimate of drug-likeness (QED) is 0.552. The number of anilines is 2. The SMILES string of the molecule is COc1cc(Br)cc(Nc2ccccc2)c1Sc1ccccc1. The van der Waals surface area contributed by atoms with Gasteiger partial charge in [0, 0.05) is 15.1 Å².